The van der Waals surface area contributed by atoms with Crippen LogP contribution in [0, 0.1) is 0 Å². The Morgan fingerprint density at radius 2 is 0.379 bits per heavy atom. The Hall–Kier alpha value is -12.2. The van der Waals surface area contributed by atoms with E-state index < -0.39 is 7.12 Å². The summed E-state index contributed by atoms with van der Waals surface area (Å²) in [5.41, 5.74) is 23.8. The van der Waals surface area contributed by atoms with E-state index in [9.17, 15) is 10.0 Å². The van der Waals surface area contributed by atoms with Crippen LogP contribution in [0.2, 0.25) is 0 Å². The Kier molecular flexibility index (Phi) is 14.8. The molecule has 0 spiro atoms. The molecule has 0 aliphatic heterocycles. The summed E-state index contributed by atoms with van der Waals surface area (Å²) in [6, 6.07) is 101. The van der Waals surface area contributed by atoms with E-state index in [4.69, 9.17) is 30.9 Å². The fraction of sp³-hybridized carbons (Fsp3) is 0.0110. The van der Waals surface area contributed by atoms with E-state index in [-0.39, 0.29) is 7.43 Å². The van der Waals surface area contributed by atoms with Gasteiger partial charge >= 0.3 is 7.12 Å². The lowest BCUT2D eigenvalue weighted by molar-refractivity contribution is 0.426. The zero-order valence-corrected chi connectivity index (χ0v) is 57.0. The van der Waals surface area contributed by atoms with E-state index in [1.54, 1.807) is 18.2 Å². The number of halogens is 2. The second-order valence-electron chi connectivity index (χ2n) is 25.9. The van der Waals surface area contributed by atoms with E-state index in [1.165, 1.54) is 22.3 Å². The highest BCUT2D eigenvalue weighted by Crippen LogP contribution is 2.44. The first-order valence-corrected chi connectivity index (χ1v) is 35.0. The van der Waals surface area contributed by atoms with Gasteiger partial charge in [-0.25, -0.2) is 0 Å². The molecule has 0 fully saturated rings. The van der Waals surface area contributed by atoms with Crippen LogP contribution in [0.3, 0.4) is 0 Å². The molecule has 9 nitrogen and oxygen atoms in total. The van der Waals surface area contributed by atoms with Crippen molar-refractivity contribution in [1.29, 1.82) is 0 Å². The van der Waals surface area contributed by atoms with E-state index in [0.29, 0.717) is 5.46 Å². The van der Waals surface area contributed by atoms with Gasteiger partial charge in [0, 0.05) is 84.4 Å². The predicted molar refractivity (Wildman–Crippen MR) is 429 cm³/mol. The lowest BCUT2D eigenvalue weighted by Gasteiger charge is -2.03. The van der Waals surface area contributed by atoms with Gasteiger partial charge in [0.1, 0.15) is 78.2 Å². The summed E-state index contributed by atoms with van der Waals surface area (Å²) in [5.74, 6) is 0. The SMILES string of the molecule is Brc1ccc2oc3cc4c(cc3c2c1)oc1ccc(Br)cc14.C.OB(O)c1ccc2oc3ccc(-c4ccccc4)cc3c2c1.c1ccc(-c2ccc3oc4ccc(-c5ccc6oc7cc8c(cc7c6c5)oc5ccc(-c6ccc7oc9ccc(-c%10ccccc%10)cc9c7c6)cc58)cc4c3c2)cc1. The van der Waals surface area contributed by atoms with Gasteiger partial charge in [0.25, 0.3) is 0 Å². The zero-order valence-electron chi connectivity index (χ0n) is 53.9. The molecule has 7 aromatic heterocycles. The Labute approximate surface area is 604 Å². The molecule has 0 radical (unpaired) electrons. The minimum atomic E-state index is -1.48. The molecule has 0 atom stereocenters. The minimum absolute atomic E-state index is 0. The summed E-state index contributed by atoms with van der Waals surface area (Å²) < 4.78 is 45.4. The van der Waals surface area contributed by atoms with Crippen molar-refractivity contribution in [3.05, 3.63) is 306 Å². The highest BCUT2D eigenvalue weighted by Gasteiger charge is 2.21. The molecular formula is C91H55BBr2O9. The van der Waals surface area contributed by atoms with Crippen molar-refractivity contribution in [3.63, 3.8) is 0 Å². The van der Waals surface area contributed by atoms with E-state index in [2.05, 4.69) is 244 Å². The van der Waals surface area contributed by atoms with Crippen LogP contribution in [0.4, 0.5) is 0 Å². The smallest absolute Gasteiger partial charge is 0.456 e. The van der Waals surface area contributed by atoms with Crippen LogP contribution in [-0.4, -0.2) is 17.2 Å². The minimum Gasteiger partial charge on any atom is -0.456 e. The van der Waals surface area contributed by atoms with E-state index in [1.807, 2.05) is 66.7 Å². The van der Waals surface area contributed by atoms with E-state index in [0.717, 1.165) is 196 Å². The third kappa shape index (κ3) is 10.8. The molecule has 0 aliphatic carbocycles. The van der Waals surface area contributed by atoms with Gasteiger partial charge < -0.3 is 41.0 Å². The summed E-state index contributed by atoms with van der Waals surface area (Å²) in [7, 11) is -1.48. The first-order chi connectivity index (χ1) is 50.1. The molecular weight excluding hydrogens is 1410 g/mol. The van der Waals surface area contributed by atoms with Crippen molar-refractivity contribution in [2.75, 3.05) is 0 Å². The van der Waals surface area contributed by atoms with Crippen LogP contribution in [0.1, 0.15) is 7.43 Å². The maximum atomic E-state index is 9.35. The first-order valence-electron chi connectivity index (χ1n) is 33.5. The van der Waals surface area contributed by atoms with Crippen LogP contribution < -0.4 is 5.46 Å². The summed E-state index contributed by atoms with van der Waals surface area (Å²) in [4.78, 5) is 0. The van der Waals surface area contributed by atoms with Gasteiger partial charge in [0.2, 0.25) is 0 Å². The third-order valence-corrected chi connectivity index (χ3v) is 20.8. The lowest BCUT2D eigenvalue weighted by Crippen LogP contribution is -2.29. The number of benzene rings is 15. The maximum Gasteiger partial charge on any atom is 0.488 e. The monoisotopic (exact) mass is 1460 g/mol. The van der Waals surface area contributed by atoms with Crippen LogP contribution in [0.15, 0.2) is 337 Å². The summed E-state index contributed by atoms with van der Waals surface area (Å²) in [6.45, 7) is 0. The zero-order chi connectivity index (χ0) is 67.8. The van der Waals surface area contributed by atoms with Crippen molar-refractivity contribution < 1.29 is 41.0 Å². The highest BCUT2D eigenvalue weighted by atomic mass is 79.9. The molecule has 2 N–H and O–H groups in total. The maximum absolute atomic E-state index is 9.35. The van der Waals surface area contributed by atoms with Crippen molar-refractivity contribution in [2.24, 2.45) is 0 Å². The molecule has 15 aromatic carbocycles. The molecule has 0 saturated carbocycles. The summed E-state index contributed by atoms with van der Waals surface area (Å²) in [6.07, 6.45) is 0. The molecule has 103 heavy (non-hydrogen) atoms. The average molecular weight is 1460 g/mol. The summed E-state index contributed by atoms with van der Waals surface area (Å²) >= 11 is 7.04. The van der Waals surface area contributed by atoms with Crippen molar-refractivity contribution in [2.45, 2.75) is 7.43 Å². The van der Waals surface area contributed by atoms with Gasteiger partial charge in [0.05, 0.1) is 0 Å². The van der Waals surface area contributed by atoms with E-state index >= 15 is 0 Å². The number of rotatable bonds is 6. The molecule has 0 amide bonds. The largest absolute Gasteiger partial charge is 0.488 e. The van der Waals surface area contributed by atoms with Crippen molar-refractivity contribution in [3.8, 4) is 55.6 Å². The molecule has 22 rings (SSSR count). The fourth-order valence-electron chi connectivity index (χ4n) is 14.7. The van der Waals surface area contributed by atoms with Crippen molar-refractivity contribution >= 4 is 198 Å². The van der Waals surface area contributed by atoms with Gasteiger partial charge in [-0.2, -0.15) is 0 Å². The van der Waals surface area contributed by atoms with Crippen LogP contribution in [0.25, 0.3) is 209 Å². The highest BCUT2D eigenvalue weighted by molar-refractivity contribution is 9.10. The fourth-order valence-corrected chi connectivity index (χ4v) is 15.4. The van der Waals surface area contributed by atoms with Crippen molar-refractivity contribution in [1.82, 2.24) is 0 Å². The standard InChI is InChI=1S/C54H30O4.C18H13BO3.C18H8Br2O2.CH4/c1-3-7-31(8-4-1)33-11-17-47-39(23-33)41-25-35(13-19-49(41)55-47)37-15-21-51-43(27-37)45-29-54-46(30-53(45)57-51)44-28-38(16-22-52(44)58-54)36-14-20-50-42(26-36)40-24-34(12-18-48(40)56-50)32-9-5-2-6-10-32;20-19(21)14-7-9-18-16(11-14)15-10-13(6-8-17(15)22-18)12-4-2-1-3-5-12;19-9-1-3-15-11(5-9)13-7-18-14(8-17(13)21-15)12-6-10(20)2-4-16(12)22-18;/h1-30H;1-11,20-21H;1-8H;1H4. The van der Waals surface area contributed by atoms with Crippen LogP contribution in [-0.2, 0) is 0 Å². The Bertz CT molecular complexity index is 6790. The van der Waals surface area contributed by atoms with Gasteiger partial charge in [-0.05, 0) is 213 Å². The Morgan fingerprint density at radius 3 is 0.631 bits per heavy atom. The predicted octanol–water partition coefficient (Wildman–Crippen LogP) is 26.5. The number of hydrogen-bond acceptors (Lipinski definition) is 9. The second-order valence-corrected chi connectivity index (χ2v) is 27.7. The normalized spacial score (nSPS) is 11.8. The molecule has 0 bridgehead atoms. The third-order valence-electron chi connectivity index (χ3n) is 19.8. The molecule has 0 saturated heterocycles. The second kappa shape index (κ2) is 24.6. The number of hydrogen-bond donors (Lipinski definition) is 2. The van der Waals surface area contributed by atoms with Gasteiger partial charge in [-0.3, -0.25) is 0 Å². The van der Waals surface area contributed by atoms with Gasteiger partial charge in [-0.1, -0.05) is 185 Å². The number of furan rings is 7. The summed E-state index contributed by atoms with van der Waals surface area (Å²) in [5, 5.41) is 33.4. The molecule has 12 heteroatoms. The Morgan fingerprint density at radius 1 is 0.184 bits per heavy atom. The lowest BCUT2D eigenvalue weighted by atomic mass is 9.80. The van der Waals surface area contributed by atoms with Gasteiger partial charge in [-0.15, -0.1) is 0 Å². The first kappa shape index (κ1) is 61.9. The number of fused-ring (bicyclic) bond motifs is 21. The average Bonchev–Trinajstić information content (AvgIpc) is 1.61. The topological polar surface area (TPSA) is 132 Å². The molecule has 7 heterocycles. The molecule has 0 aliphatic rings. The molecule has 0 unspecified atom stereocenters. The van der Waals surface area contributed by atoms with Crippen LogP contribution >= 0.6 is 31.9 Å². The molecule has 490 valence electrons. The quantitative estimate of drug-likeness (QED) is 0.156. The van der Waals surface area contributed by atoms with Gasteiger partial charge in [0.15, 0.2) is 0 Å². The molecule has 22 aromatic rings. The Balaban J connectivity index is 0.000000132. The van der Waals surface area contributed by atoms with Crippen LogP contribution in [0.5, 0.6) is 0 Å².